The molecule has 0 radical (unpaired) electrons. The summed E-state index contributed by atoms with van der Waals surface area (Å²) < 4.78 is 4.89. The van der Waals surface area contributed by atoms with Gasteiger partial charge in [0.25, 0.3) is 0 Å². The molecule has 0 atom stereocenters. The van der Waals surface area contributed by atoms with Gasteiger partial charge in [-0.3, -0.25) is 0 Å². The largest absolute Gasteiger partial charge is 0.504 e. The SMILES string of the molecule is O=C(O)c1ccc(OC(=O)c2ccc(O)c(O)c2)c(O)c1. The van der Waals surface area contributed by atoms with Crippen LogP contribution in [0.25, 0.3) is 0 Å². The number of hydrogen-bond acceptors (Lipinski definition) is 6. The lowest BCUT2D eigenvalue weighted by molar-refractivity contribution is 0.0696. The third-order valence-corrected chi connectivity index (χ3v) is 2.62. The van der Waals surface area contributed by atoms with Gasteiger partial charge in [0.2, 0.25) is 0 Å². The summed E-state index contributed by atoms with van der Waals surface area (Å²) in [5.41, 5.74) is -0.207. The van der Waals surface area contributed by atoms with Crippen LogP contribution in [0.3, 0.4) is 0 Å². The lowest BCUT2D eigenvalue weighted by Crippen LogP contribution is -2.08. The summed E-state index contributed by atoms with van der Waals surface area (Å²) in [7, 11) is 0. The molecule has 0 spiro atoms. The van der Waals surface area contributed by atoms with E-state index in [4.69, 9.17) is 14.9 Å². The summed E-state index contributed by atoms with van der Waals surface area (Å²) in [5, 5.41) is 36.8. The Bertz CT molecular complexity index is 721. The monoisotopic (exact) mass is 290 g/mol. The molecular weight excluding hydrogens is 280 g/mol. The van der Waals surface area contributed by atoms with Crippen molar-refractivity contribution in [1.82, 2.24) is 0 Å². The third-order valence-electron chi connectivity index (χ3n) is 2.62. The number of hydrogen-bond donors (Lipinski definition) is 4. The molecule has 21 heavy (non-hydrogen) atoms. The fourth-order valence-corrected chi connectivity index (χ4v) is 1.55. The van der Waals surface area contributed by atoms with E-state index in [0.717, 1.165) is 24.3 Å². The van der Waals surface area contributed by atoms with Crippen molar-refractivity contribution < 1.29 is 34.8 Å². The first-order chi connectivity index (χ1) is 9.88. The van der Waals surface area contributed by atoms with E-state index in [1.807, 2.05) is 0 Å². The second kappa shape index (κ2) is 5.41. The van der Waals surface area contributed by atoms with Gasteiger partial charge in [0.1, 0.15) is 0 Å². The van der Waals surface area contributed by atoms with Crippen molar-refractivity contribution in [3.63, 3.8) is 0 Å². The maximum atomic E-state index is 11.8. The van der Waals surface area contributed by atoms with Gasteiger partial charge in [-0.05, 0) is 36.4 Å². The summed E-state index contributed by atoms with van der Waals surface area (Å²) in [6, 6.07) is 6.58. The average Bonchev–Trinajstić information content (AvgIpc) is 2.43. The van der Waals surface area contributed by atoms with Gasteiger partial charge < -0.3 is 25.2 Å². The van der Waals surface area contributed by atoms with Crippen LogP contribution in [0.4, 0.5) is 0 Å². The van der Waals surface area contributed by atoms with Gasteiger partial charge >= 0.3 is 11.9 Å². The number of aromatic carboxylic acids is 1. The number of esters is 1. The molecule has 0 aliphatic carbocycles. The van der Waals surface area contributed by atoms with Crippen molar-refractivity contribution in [3.05, 3.63) is 47.5 Å². The summed E-state index contributed by atoms with van der Waals surface area (Å²) in [6.07, 6.45) is 0. The molecule has 0 bridgehead atoms. The number of aromatic hydroxyl groups is 3. The number of phenols is 3. The molecule has 108 valence electrons. The smallest absolute Gasteiger partial charge is 0.343 e. The van der Waals surface area contributed by atoms with Gasteiger partial charge in [0.05, 0.1) is 11.1 Å². The molecule has 0 amide bonds. The summed E-state index contributed by atoms with van der Waals surface area (Å²) in [4.78, 5) is 22.5. The number of benzene rings is 2. The van der Waals surface area contributed by atoms with E-state index < -0.39 is 23.4 Å². The van der Waals surface area contributed by atoms with Crippen LogP contribution < -0.4 is 4.74 Å². The zero-order valence-corrected chi connectivity index (χ0v) is 10.5. The highest BCUT2D eigenvalue weighted by Crippen LogP contribution is 2.29. The summed E-state index contributed by atoms with van der Waals surface area (Å²) in [6.45, 7) is 0. The fourth-order valence-electron chi connectivity index (χ4n) is 1.55. The molecule has 0 heterocycles. The van der Waals surface area contributed by atoms with Crippen LogP contribution in [0, 0.1) is 0 Å². The van der Waals surface area contributed by atoms with Crippen molar-refractivity contribution in [1.29, 1.82) is 0 Å². The molecule has 7 heteroatoms. The maximum Gasteiger partial charge on any atom is 0.343 e. The van der Waals surface area contributed by atoms with E-state index >= 15 is 0 Å². The first kappa shape index (κ1) is 14.2. The molecular formula is C14H10O7. The normalized spacial score (nSPS) is 10.1. The van der Waals surface area contributed by atoms with Crippen LogP contribution in [0.1, 0.15) is 20.7 Å². The molecule has 4 N–H and O–H groups in total. The van der Waals surface area contributed by atoms with Gasteiger partial charge in [0.15, 0.2) is 23.0 Å². The molecule has 0 saturated carbocycles. The molecule has 0 fully saturated rings. The van der Waals surface area contributed by atoms with E-state index in [1.54, 1.807) is 0 Å². The predicted octanol–water partition coefficient (Wildman–Crippen LogP) is 1.72. The number of rotatable bonds is 3. The minimum Gasteiger partial charge on any atom is -0.504 e. The first-order valence-corrected chi connectivity index (χ1v) is 5.69. The Morgan fingerprint density at radius 3 is 2.00 bits per heavy atom. The lowest BCUT2D eigenvalue weighted by Gasteiger charge is -2.07. The van der Waals surface area contributed by atoms with Gasteiger partial charge in [-0.1, -0.05) is 0 Å². The molecule has 7 nitrogen and oxygen atoms in total. The lowest BCUT2D eigenvalue weighted by atomic mass is 10.2. The number of carboxylic acid groups (broad SMARTS) is 1. The van der Waals surface area contributed by atoms with Gasteiger partial charge in [-0.25, -0.2) is 9.59 Å². The second-order valence-corrected chi connectivity index (χ2v) is 4.08. The van der Waals surface area contributed by atoms with Crippen molar-refractivity contribution >= 4 is 11.9 Å². The summed E-state index contributed by atoms with van der Waals surface area (Å²) in [5.74, 6) is -3.73. The van der Waals surface area contributed by atoms with Crippen molar-refractivity contribution in [2.75, 3.05) is 0 Å². The average molecular weight is 290 g/mol. The van der Waals surface area contributed by atoms with Crippen LogP contribution in [0.5, 0.6) is 23.0 Å². The standard InChI is InChI=1S/C14H10O7/c15-9-3-1-8(6-10(9)16)14(20)21-12-4-2-7(13(18)19)5-11(12)17/h1-6,15-17H,(H,18,19). The van der Waals surface area contributed by atoms with Gasteiger partial charge in [0, 0.05) is 0 Å². The summed E-state index contributed by atoms with van der Waals surface area (Å²) >= 11 is 0. The Labute approximate surface area is 118 Å². The molecule has 0 aliphatic rings. The van der Waals surface area contributed by atoms with E-state index in [1.165, 1.54) is 12.1 Å². The van der Waals surface area contributed by atoms with Crippen LogP contribution in [-0.2, 0) is 0 Å². The highest BCUT2D eigenvalue weighted by molar-refractivity contribution is 5.92. The van der Waals surface area contributed by atoms with Crippen LogP contribution >= 0.6 is 0 Å². The molecule has 0 saturated heterocycles. The molecule has 0 unspecified atom stereocenters. The van der Waals surface area contributed by atoms with E-state index in [0.29, 0.717) is 0 Å². The third kappa shape index (κ3) is 3.03. The van der Waals surface area contributed by atoms with E-state index in [-0.39, 0.29) is 22.6 Å². The van der Waals surface area contributed by atoms with E-state index in [9.17, 15) is 19.8 Å². The number of ether oxygens (including phenoxy) is 1. The molecule has 0 aromatic heterocycles. The van der Waals surface area contributed by atoms with Crippen molar-refractivity contribution in [2.24, 2.45) is 0 Å². The quantitative estimate of drug-likeness (QED) is 0.385. The van der Waals surface area contributed by atoms with Crippen molar-refractivity contribution in [3.8, 4) is 23.0 Å². The fraction of sp³-hybridized carbons (Fsp3) is 0. The zero-order valence-electron chi connectivity index (χ0n) is 10.5. The predicted molar refractivity (Wildman–Crippen MR) is 69.8 cm³/mol. The topological polar surface area (TPSA) is 124 Å². The van der Waals surface area contributed by atoms with Crippen molar-refractivity contribution in [2.45, 2.75) is 0 Å². The Kier molecular flexibility index (Phi) is 3.66. The first-order valence-electron chi connectivity index (χ1n) is 5.69. The minimum absolute atomic E-state index is 0.0491. The number of phenolic OH excluding ortho intramolecular Hbond substituents is 3. The Morgan fingerprint density at radius 2 is 1.43 bits per heavy atom. The van der Waals surface area contributed by atoms with Gasteiger partial charge in [-0.15, -0.1) is 0 Å². The zero-order chi connectivity index (χ0) is 15.6. The molecule has 2 rings (SSSR count). The second-order valence-electron chi connectivity index (χ2n) is 4.08. The highest BCUT2D eigenvalue weighted by Gasteiger charge is 2.15. The Hall–Kier alpha value is -3.22. The van der Waals surface area contributed by atoms with Crippen LogP contribution in [0.15, 0.2) is 36.4 Å². The number of carbonyl (C=O) groups is 2. The maximum absolute atomic E-state index is 11.8. The molecule has 2 aromatic rings. The molecule has 2 aromatic carbocycles. The minimum atomic E-state index is -1.23. The number of carboxylic acids is 1. The van der Waals surface area contributed by atoms with Gasteiger partial charge in [-0.2, -0.15) is 0 Å². The Balaban J connectivity index is 2.23. The van der Waals surface area contributed by atoms with E-state index in [2.05, 4.69) is 0 Å². The Morgan fingerprint density at radius 1 is 0.810 bits per heavy atom. The molecule has 0 aliphatic heterocycles. The highest BCUT2D eigenvalue weighted by atomic mass is 16.5. The number of carbonyl (C=O) groups excluding carboxylic acids is 1. The van der Waals surface area contributed by atoms with Crippen LogP contribution in [0.2, 0.25) is 0 Å². The van der Waals surface area contributed by atoms with Crippen LogP contribution in [-0.4, -0.2) is 32.4 Å².